The second-order valence-electron chi connectivity index (χ2n) is 6.13. The average molecular weight is 356 g/mol. The van der Waals surface area contributed by atoms with Crippen molar-refractivity contribution in [2.45, 2.75) is 45.3 Å². The molecule has 1 amide bonds. The number of ether oxygens (including phenoxy) is 2. The molecular formula is C16H22BrNO3. The van der Waals surface area contributed by atoms with Gasteiger partial charge in [-0.05, 0) is 50.8 Å². The molecule has 5 heteroatoms. The van der Waals surface area contributed by atoms with Gasteiger partial charge in [-0.25, -0.2) is 4.79 Å². The van der Waals surface area contributed by atoms with E-state index in [2.05, 4.69) is 33.4 Å². The van der Waals surface area contributed by atoms with Gasteiger partial charge in [-0.15, -0.1) is 0 Å². The van der Waals surface area contributed by atoms with Crippen LogP contribution in [0.1, 0.15) is 44.4 Å². The minimum Gasteiger partial charge on any atom is -0.444 e. The first-order valence-corrected chi connectivity index (χ1v) is 8.02. The maximum Gasteiger partial charge on any atom is 0.407 e. The van der Waals surface area contributed by atoms with Crippen molar-refractivity contribution in [3.8, 4) is 0 Å². The number of halogens is 1. The molecule has 0 spiro atoms. The summed E-state index contributed by atoms with van der Waals surface area (Å²) in [5, 5.41) is 2.78. The lowest BCUT2D eigenvalue weighted by Gasteiger charge is -2.27. The number of amides is 1. The van der Waals surface area contributed by atoms with E-state index in [1.165, 1.54) is 11.1 Å². The van der Waals surface area contributed by atoms with Crippen molar-refractivity contribution in [1.82, 2.24) is 5.32 Å². The number of benzene rings is 1. The minimum absolute atomic E-state index is 0.0289. The van der Waals surface area contributed by atoms with Gasteiger partial charge in [-0.3, -0.25) is 0 Å². The molecule has 0 fully saturated rings. The normalized spacial score (nSPS) is 18.0. The molecule has 1 aliphatic rings. The molecule has 1 N–H and O–H groups in total. The first kappa shape index (κ1) is 16.3. The second-order valence-corrected chi connectivity index (χ2v) is 6.99. The Labute approximate surface area is 134 Å². The highest BCUT2D eigenvalue weighted by Gasteiger charge is 2.22. The lowest BCUT2D eigenvalue weighted by Crippen LogP contribution is -2.33. The van der Waals surface area contributed by atoms with Gasteiger partial charge in [0.1, 0.15) is 5.60 Å². The molecule has 1 aromatic rings. The molecule has 0 saturated carbocycles. The summed E-state index contributed by atoms with van der Waals surface area (Å²) >= 11 is 3.59. The van der Waals surface area contributed by atoms with Crippen molar-refractivity contribution < 1.29 is 14.3 Å². The number of alkyl carbamates (subject to hydrolysis) is 1. The van der Waals surface area contributed by atoms with Gasteiger partial charge in [0.15, 0.2) is 0 Å². The third-order valence-electron chi connectivity index (χ3n) is 3.25. The molecule has 0 unspecified atom stereocenters. The molecule has 0 aliphatic carbocycles. The number of hydrogen-bond acceptors (Lipinski definition) is 3. The van der Waals surface area contributed by atoms with Gasteiger partial charge < -0.3 is 14.8 Å². The molecule has 0 aromatic heterocycles. The Hall–Kier alpha value is -1.07. The van der Waals surface area contributed by atoms with E-state index < -0.39 is 5.60 Å². The van der Waals surface area contributed by atoms with E-state index in [4.69, 9.17) is 9.47 Å². The van der Waals surface area contributed by atoms with Gasteiger partial charge in [0.2, 0.25) is 0 Å². The number of hydrogen-bond donors (Lipinski definition) is 1. The number of carbonyl (C=O) groups is 1. The molecule has 1 heterocycles. The fraction of sp³-hybridized carbons (Fsp3) is 0.562. The molecule has 1 aromatic carbocycles. The zero-order valence-electron chi connectivity index (χ0n) is 12.7. The molecule has 0 saturated heterocycles. The molecule has 0 bridgehead atoms. The van der Waals surface area contributed by atoms with Crippen LogP contribution < -0.4 is 5.32 Å². The van der Waals surface area contributed by atoms with E-state index >= 15 is 0 Å². The van der Waals surface area contributed by atoms with Gasteiger partial charge in [-0.2, -0.15) is 0 Å². The van der Waals surface area contributed by atoms with Crippen LogP contribution in [0.25, 0.3) is 0 Å². The van der Waals surface area contributed by atoms with Crippen LogP contribution in [-0.4, -0.2) is 24.8 Å². The smallest absolute Gasteiger partial charge is 0.407 e. The quantitative estimate of drug-likeness (QED) is 0.891. The number of rotatable bonds is 3. The Morgan fingerprint density at radius 2 is 2.24 bits per heavy atom. The Bertz CT molecular complexity index is 511. The molecule has 21 heavy (non-hydrogen) atoms. The highest BCUT2D eigenvalue weighted by atomic mass is 79.9. The van der Waals surface area contributed by atoms with Crippen LogP contribution in [0.15, 0.2) is 22.7 Å². The first-order chi connectivity index (χ1) is 9.87. The Kier molecular flexibility index (Phi) is 5.27. The third-order valence-corrected chi connectivity index (χ3v) is 3.99. The Morgan fingerprint density at radius 3 is 2.95 bits per heavy atom. The molecule has 1 atom stereocenters. The van der Waals surface area contributed by atoms with Crippen molar-refractivity contribution in [1.29, 1.82) is 0 Å². The van der Waals surface area contributed by atoms with Crippen molar-refractivity contribution in [3.63, 3.8) is 0 Å². The summed E-state index contributed by atoms with van der Waals surface area (Å²) in [6, 6.07) is 6.17. The maximum atomic E-state index is 11.6. The largest absolute Gasteiger partial charge is 0.444 e. The van der Waals surface area contributed by atoms with E-state index in [0.29, 0.717) is 13.2 Å². The third kappa shape index (κ3) is 4.71. The summed E-state index contributed by atoms with van der Waals surface area (Å²) < 4.78 is 12.2. The van der Waals surface area contributed by atoms with Crippen LogP contribution in [0.5, 0.6) is 0 Å². The predicted octanol–water partition coefficient (Wildman–Crippen LogP) is 3.98. The van der Waals surface area contributed by atoms with Crippen LogP contribution in [0.2, 0.25) is 0 Å². The molecule has 116 valence electrons. The van der Waals surface area contributed by atoms with Crippen LogP contribution in [0.3, 0.4) is 0 Å². The predicted molar refractivity (Wildman–Crippen MR) is 85.4 cm³/mol. The lowest BCUT2D eigenvalue weighted by molar-refractivity contribution is 0.0327. The second kappa shape index (κ2) is 6.79. The van der Waals surface area contributed by atoms with E-state index in [-0.39, 0.29) is 12.2 Å². The lowest BCUT2D eigenvalue weighted by atomic mass is 9.96. The summed E-state index contributed by atoms with van der Waals surface area (Å²) in [5.74, 6) is 0. The summed E-state index contributed by atoms with van der Waals surface area (Å²) in [6.07, 6.45) is 1.31. The van der Waals surface area contributed by atoms with Gasteiger partial charge in [-0.1, -0.05) is 28.1 Å². The van der Waals surface area contributed by atoms with Crippen LogP contribution >= 0.6 is 15.9 Å². The highest BCUT2D eigenvalue weighted by Crippen LogP contribution is 2.33. The Balaban J connectivity index is 1.88. The zero-order valence-corrected chi connectivity index (χ0v) is 14.3. The van der Waals surface area contributed by atoms with Gasteiger partial charge in [0.25, 0.3) is 0 Å². The van der Waals surface area contributed by atoms with E-state index in [1.807, 2.05) is 26.8 Å². The van der Waals surface area contributed by atoms with Crippen LogP contribution in [0, 0.1) is 0 Å². The van der Waals surface area contributed by atoms with E-state index in [9.17, 15) is 4.79 Å². The highest BCUT2D eigenvalue weighted by molar-refractivity contribution is 9.10. The molecule has 0 radical (unpaired) electrons. The minimum atomic E-state index is -0.469. The standard InChI is InChI=1S/C16H22BrNO3/c1-16(2,3)21-15(19)18-9-7-14-12-5-4-6-13(17)11(12)8-10-20-14/h4-6,14H,7-10H2,1-3H3,(H,18,19)/t14-/m0/s1. The fourth-order valence-electron chi connectivity index (χ4n) is 2.39. The van der Waals surface area contributed by atoms with E-state index in [0.717, 1.165) is 17.3 Å². The van der Waals surface area contributed by atoms with Crippen molar-refractivity contribution in [2.75, 3.05) is 13.2 Å². The topological polar surface area (TPSA) is 47.6 Å². The summed E-state index contributed by atoms with van der Waals surface area (Å²) in [7, 11) is 0. The fourth-order valence-corrected chi connectivity index (χ4v) is 2.97. The number of fused-ring (bicyclic) bond motifs is 1. The summed E-state index contributed by atoms with van der Waals surface area (Å²) in [6.45, 7) is 6.80. The number of carbonyl (C=O) groups excluding carboxylic acids is 1. The molecular weight excluding hydrogens is 334 g/mol. The van der Waals surface area contributed by atoms with Gasteiger partial charge in [0, 0.05) is 11.0 Å². The van der Waals surface area contributed by atoms with Crippen molar-refractivity contribution in [3.05, 3.63) is 33.8 Å². The molecule has 2 rings (SSSR count). The first-order valence-electron chi connectivity index (χ1n) is 7.22. The summed E-state index contributed by atoms with van der Waals surface area (Å²) in [5.41, 5.74) is 2.05. The molecule has 4 nitrogen and oxygen atoms in total. The van der Waals surface area contributed by atoms with Crippen LogP contribution in [0.4, 0.5) is 4.79 Å². The van der Waals surface area contributed by atoms with Crippen molar-refractivity contribution >= 4 is 22.0 Å². The van der Waals surface area contributed by atoms with E-state index in [1.54, 1.807) is 0 Å². The SMILES string of the molecule is CC(C)(C)OC(=O)NCC[C@@H]1OCCc2c(Br)cccc21. The molecule has 1 aliphatic heterocycles. The van der Waals surface area contributed by atoms with Crippen LogP contribution in [-0.2, 0) is 15.9 Å². The van der Waals surface area contributed by atoms with Gasteiger partial charge >= 0.3 is 6.09 Å². The van der Waals surface area contributed by atoms with Gasteiger partial charge in [0.05, 0.1) is 12.7 Å². The zero-order chi connectivity index (χ0) is 15.5. The average Bonchev–Trinajstić information content (AvgIpc) is 2.37. The maximum absolute atomic E-state index is 11.6. The number of nitrogens with one attached hydrogen (secondary N) is 1. The van der Waals surface area contributed by atoms with Crippen molar-refractivity contribution in [2.24, 2.45) is 0 Å². The Morgan fingerprint density at radius 1 is 1.48 bits per heavy atom. The summed E-state index contributed by atoms with van der Waals surface area (Å²) in [4.78, 5) is 11.6. The monoisotopic (exact) mass is 355 g/mol.